The lowest BCUT2D eigenvalue weighted by Gasteiger charge is -2.20. The first-order chi connectivity index (χ1) is 8.40. The van der Waals surface area contributed by atoms with Crippen LogP contribution < -0.4 is 10.7 Å². The highest BCUT2D eigenvalue weighted by Gasteiger charge is 2.28. The fraction of sp³-hybridized carbons (Fsp3) is 0.300. The number of hydrazone groups is 1. The van der Waals surface area contributed by atoms with Crippen LogP contribution in [0.1, 0.15) is 6.92 Å². The Hall–Kier alpha value is -1.63. The van der Waals surface area contributed by atoms with Gasteiger partial charge in [-0.25, -0.2) is 9.40 Å². The van der Waals surface area contributed by atoms with E-state index in [4.69, 9.17) is 17.3 Å². The highest BCUT2D eigenvalue weighted by molar-refractivity contribution is 6.33. The summed E-state index contributed by atoms with van der Waals surface area (Å²) in [5, 5.41) is 5.04. The molecule has 0 saturated carbocycles. The maximum absolute atomic E-state index is 13.7. The minimum absolute atomic E-state index is 0.0133. The minimum atomic E-state index is -2.69. The number of halogens is 4. The van der Waals surface area contributed by atoms with Gasteiger partial charge in [0.05, 0.1) is 16.4 Å². The molecule has 2 N–H and O–H groups in total. The first-order valence-corrected chi connectivity index (χ1v) is 5.40. The Morgan fingerprint density at radius 2 is 2.11 bits per heavy atom. The Kier molecular flexibility index (Phi) is 3.25. The smallest absolute Gasteiger partial charge is 0.317 e. The van der Waals surface area contributed by atoms with Crippen molar-refractivity contribution >= 4 is 28.8 Å². The third-order valence-electron chi connectivity index (χ3n) is 2.55. The molecule has 18 heavy (non-hydrogen) atoms. The summed E-state index contributed by atoms with van der Waals surface area (Å²) in [4.78, 5) is 0.740. The first-order valence-electron chi connectivity index (χ1n) is 5.02. The number of amidine groups is 1. The van der Waals surface area contributed by atoms with Gasteiger partial charge in [0, 0.05) is 0 Å². The molecule has 0 aromatic heterocycles. The van der Waals surface area contributed by atoms with Gasteiger partial charge in [0.25, 0.3) is 0 Å². The number of nitrogens with two attached hydrogens (primary N) is 1. The Morgan fingerprint density at radius 1 is 1.44 bits per heavy atom. The molecule has 0 saturated heterocycles. The van der Waals surface area contributed by atoms with Crippen LogP contribution in [0.15, 0.2) is 17.2 Å². The van der Waals surface area contributed by atoms with E-state index in [1.165, 1.54) is 13.0 Å². The molecule has 0 atom stereocenters. The van der Waals surface area contributed by atoms with E-state index < -0.39 is 12.4 Å². The molecule has 2 rings (SSSR count). The molecule has 4 nitrogen and oxygen atoms in total. The van der Waals surface area contributed by atoms with Gasteiger partial charge in [-0.15, -0.1) is 0 Å². The Balaban J connectivity index is 2.33. The summed E-state index contributed by atoms with van der Waals surface area (Å²) in [6, 6.07) is 2.30. The molecule has 1 aliphatic rings. The van der Waals surface area contributed by atoms with Crippen LogP contribution in [0.3, 0.4) is 0 Å². The van der Waals surface area contributed by atoms with Crippen LogP contribution in [0.2, 0.25) is 5.02 Å². The molecule has 1 aliphatic heterocycles. The molecule has 0 amide bonds. The van der Waals surface area contributed by atoms with Crippen molar-refractivity contribution in [3.05, 3.63) is 23.0 Å². The number of anilines is 2. The number of rotatable bonds is 2. The van der Waals surface area contributed by atoms with Crippen molar-refractivity contribution in [2.75, 3.05) is 17.4 Å². The molecule has 0 radical (unpaired) electrons. The summed E-state index contributed by atoms with van der Waals surface area (Å²) >= 11 is 5.65. The van der Waals surface area contributed by atoms with Gasteiger partial charge in [-0.1, -0.05) is 11.6 Å². The molecule has 98 valence electrons. The average Bonchev–Trinajstić information content (AvgIpc) is 2.65. The summed E-state index contributed by atoms with van der Waals surface area (Å²) < 4.78 is 38.9. The Bertz CT molecular complexity index is 506. The van der Waals surface area contributed by atoms with Gasteiger partial charge < -0.3 is 5.73 Å². The number of hydrogen-bond donors (Lipinski definition) is 1. The van der Waals surface area contributed by atoms with Crippen molar-refractivity contribution < 1.29 is 13.2 Å². The highest BCUT2D eigenvalue weighted by Crippen LogP contribution is 2.31. The Morgan fingerprint density at radius 3 is 2.67 bits per heavy atom. The lowest BCUT2D eigenvalue weighted by Crippen LogP contribution is -2.34. The van der Waals surface area contributed by atoms with E-state index in [-0.39, 0.29) is 28.9 Å². The van der Waals surface area contributed by atoms with E-state index >= 15 is 0 Å². The third kappa shape index (κ3) is 2.17. The molecule has 0 spiro atoms. The molecule has 8 heteroatoms. The predicted octanol–water partition coefficient (Wildman–Crippen LogP) is 2.70. The minimum Gasteiger partial charge on any atom is -0.397 e. The molecular weight excluding hydrogens is 269 g/mol. The number of nitrogen functional groups attached to an aromatic ring is 1. The van der Waals surface area contributed by atoms with Crippen molar-refractivity contribution in [3.63, 3.8) is 0 Å². The molecule has 0 bridgehead atoms. The second-order valence-corrected chi connectivity index (χ2v) is 4.17. The van der Waals surface area contributed by atoms with E-state index in [0.717, 1.165) is 16.0 Å². The highest BCUT2D eigenvalue weighted by atomic mass is 35.5. The van der Waals surface area contributed by atoms with Gasteiger partial charge in [0.1, 0.15) is 18.3 Å². The monoisotopic (exact) mass is 278 g/mol. The molecule has 0 fully saturated rings. The second kappa shape index (κ2) is 4.56. The normalized spacial score (nSPS) is 15.6. The van der Waals surface area contributed by atoms with Crippen molar-refractivity contribution in [2.24, 2.45) is 5.10 Å². The van der Waals surface area contributed by atoms with Crippen molar-refractivity contribution in [1.29, 1.82) is 0 Å². The zero-order valence-corrected chi connectivity index (χ0v) is 10.1. The fourth-order valence-electron chi connectivity index (χ4n) is 1.59. The van der Waals surface area contributed by atoms with E-state index in [1.54, 1.807) is 0 Å². The SMILES string of the molecule is CC1=NN(c2cc(N)c(Cl)cc2F)CN1C(F)F. The van der Waals surface area contributed by atoms with Crippen LogP contribution in [0.5, 0.6) is 0 Å². The summed E-state index contributed by atoms with van der Waals surface area (Å²) in [6.07, 6.45) is 0. The molecule has 1 aromatic rings. The lowest BCUT2D eigenvalue weighted by atomic mass is 10.2. The van der Waals surface area contributed by atoms with Gasteiger partial charge in [-0.2, -0.15) is 13.9 Å². The second-order valence-electron chi connectivity index (χ2n) is 3.76. The van der Waals surface area contributed by atoms with E-state index in [1.807, 2.05) is 0 Å². The van der Waals surface area contributed by atoms with E-state index in [2.05, 4.69) is 5.10 Å². The van der Waals surface area contributed by atoms with Crippen molar-refractivity contribution in [3.8, 4) is 0 Å². The Labute approximate surface area is 106 Å². The van der Waals surface area contributed by atoms with Crippen molar-refractivity contribution in [2.45, 2.75) is 13.5 Å². The summed E-state index contributed by atoms with van der Waals surface area (Å²) in [5.74, 6) is -0.556. The molecule has 1 aromatic carbocycles. The van der Waals surface area contributed by atoms with E-state index in [9.17, 15) is 13.2 Å². The fourth-order valence-corrected chi connectivity index (χ4v) is 1.75. The quantitative estimate of drug-likeness (QED) is 0.668. The maximum atomic E-state index is 13.7. The largest absolute Gasteiger partial charge is 0.397 e. The molecule has 0 aliphatic carbocycles. The molecule has 1 heterocycles. The van der Waals surface area contributed by atoms with Gasteiger partial charge in [0.2, 0.25) is 0 Å². The van der Waals surface area contributed by atoms with Crippen LogP contribution in [0.25, 0.3) is 0 Å². The zero-order valence-electron chi connectivity index (χ0n) is 9.37. The zero-order chi connectivity index (χ0) is 13.4. The number of alkyl halides is 2. The lowest BCUT2D eigenvalue weighted by molar-refractivity contribution is 0.0268. The van der Waals surface area contributed by atoms with Crippen LogP contribution in [0, 0.1) is 5.82 Å². The summed E-state index contributed by atoms with van der Waals surface area (Å²) in [6.45, 7) is -1.50. The average molecular weight is 279 g/mol. The van der Waals surface area contributed by atoms with Gasteiger partial charge in [-0.3, -0.25) is 4.90 Å². The predicted molar refractivity (Wildman–Crippen MR) is 64.1 cm³/mol. The van der Waals surface area contributed by atoms with Crippen LogP contribution in [-0.2, 0) is 0 Å². The number of benzene rings is 1. The van der Waals surface area contributed by atoms with Crippen LogP contribution in [0.4, 0.5) is 24.5 Å². The van der Waals surface area contributed by atoms with Gasteiger partial charge in [0.15, 0.2) is 0 Å². The standard InChI is InChI=1S/C10H10ClF3N4/c1-5-16-18(4-17(5)10(13)14)9-3-8(15)6(11)2-7(9)12/h2-3,10H,4,15H2,1H3. The summed E-state index contributed by atoms with van der Waals surface area (Å²) in [7, 11) is 0. The molecular formula is C10H10ClF3N4. The van der Waals surface area contributed by atoms with Crippen LogP contribution in [-0.4, -0.2) is 24.0 Å². The summed E-state index contributed by atoms with van der Waals surface area (Å²) in [5.41, 5.74) is 5.73. The van der Waals surface area contributed by atoms with Crippen molar-refractivity contribution in [1.82, 2.24) is 4.90 Å². The maximum Gasteiger partial charge on any atom is 0.317 e. The van der Waals surface area contributed by atoms with Gasteiger partial charge >= 0.3 is 6.55 Å². The first kappa shape index (κ1) is 12.8. The topological polar surface area (TPSA) is 44.9 Å². The number of nitrogens with zero attached hydrogens (tertiary/aromatic N) is 3. The van der Waals surface area contributed by atoms with E-state index in [0.29, 0.717) is 0 Å². The van der Waals surface area contributed by atoms with Crippen LogP contribution >= 0.6 is 11.6 Å². The number of hydrogen-bond acceptors (Lipinski definition) is 4. The third-order valence-corrected chi connectivity index (χ3v) is 2.87. The molecule has 0 unspecified atom stereocenters. The van der Waals surface area contributed by atoms with Gasteiger partial charge in [-0.05, 0) is 19.1 Å².